The number of pyridine rings is 1. The van der Waals surface area contributed by atoms with Crippen molar-refractivity contribution in [2.75, 3.05) is 13.1 Å². The molecule has 2 N–H and O–H groups in total. The Kier molecular flexibility index (Phi) is 6.22. The van der Waals surface area contributed by atoms with E-state index in [1.54, 1.807) is 0 Å². The molecule has 0 bridgehead atoms. The normalized spacial score (nSPS) is 16.3. The van der Waals surface area contributed by atoms with Crippen molar-refractivity contribution in [3.05, 3.63) is 101 Å². The molecule has 0 radical (unpaired) electrons. The van der Waals surface area contributed by atoms with E-state index in [-0.39, 0.29) is 6.04 Å². The Hall–Kier alpha value is -2.72. The number of rotatable bonds is 5. The fraction of sp³-hybridized carbons (Fsp3) is 0.250. The van der Waals surface area contributed by atoms with Gasteiger partial charge in [-0.25, -0.2) is 4.98 Å². The number of fused-ring (bicyclic) bond motifs is 1. The van der Waals surface area contributed by atoms with E-state index in [2.05, 4.69) is 59.5 Å². The number of piperidine rings is 1. The van der Waals surface area contributed by atoms with Crippen molar-refractivity contribution in [1.29, 1.82) is 0 Å². The minimum absolute atomic E-state index is 0.0250. The first-order valence-corrected chi connectivity index (χ1v) is 11.7. The summed E-state index contributed by atoms with van der Waals surface area (Å²) in [6.07, 6.45) is 2.21. The SMILES string of the molecule is NC(c1cc(-c2ccccc2)nc2cc(Cl)ccc12)C1CCN(Cc2ccccc2)CC1. The van der Waals surface area contributed by atoms with Crippen molar-refractivity contribution in [1.82, 2.24) is 9.88 Å². The zero-order chi connectivity index (χ0) is 21.9. The highest BCUT2D eigenvalue weighted by atomic mass is 35.5. The maximum atomic E-state index is 6.94. The van der Waals surface area contributed by atoms with Crippen molar-refractivity contribution in [2.24, 2.45) is 11.7 Å². The average Bonchev–Trinajstić information content (AvgIpc) is 2.84. The molecule has 3 aromatic carbocycles. The molecule has 4 aromatic rings. The van der Waals surface area contributed by atoms with E-state index in [9.17, 15) is 0 Å². The molecule has 32 heavy (non-hydrogen) atoms. The lowest BCUT2D eigenvalue weighted by atomic mass is 9.84. The van der Waals surface area contributed by atoms with Gasteiger partial charge in [-0.1, -0.05) is 78.3 Å². The monoisotopic (exact) mass is 441 g/mol. The van der Waals surface area contributed by atoms with Gasteiger partial charge in [-0.05, 0) is 61.2 Å². The Balaban J connectivity index is 1.40. The molecular weight excluding hydrogens is 414 g/mol. The van der Waals surface area contributed by atoms with E-state index in [4.69, 9.17) is 22.3 Å². The lowest BCUT2D eigenvalue weighted by Gasteiger charge is -2.35. The van der Waals surface area contributed by atoms with Gasteiger partial charge in [-0.2, -0.15) is 0 Å². The molecule has 3 nitrogen and oxygen atoms in total. The van der Waals surface area contributed by atoms with Crippen LogP contribution >= 0.6 is 11.6 Å². The van der Waals surface area contributed by atoms with Crippen molar-refractivity contribution >= 4 is 22.5 Å². The molecule has 5 rings (SSSR count). The van der Waals surface area contributed by atoms with Crippen LogP contribution in [0.25, 0.3) is 22.2 Å². The summed E-state index contributed by atoms with van der Waals surface area (Å²) in [5.74, 6) is 0.451. The Labute approximate surface area is 194 Å². The molecule has 1 aliphatic heterocycles. The Bertz CT molecular complexity index is 1190. The molecule has 1 fully saturated rings. The van der Waals surface area contributed by atoms with Gasteiger partial charge in [0, 0.05) is 28.6 Å². The van der Waals surface area contributed by atoms with E-state index < -0.39 is 0 Å². The van der Waals surface area contributed by atoms with Crippen molar-refractivity contribution < 1.29 is 0 Å². The molecule has 4 heteroatoms. The number of likely N-dealkylation sites (tertiary alicyclic amines) is 1. The number of hydrogen-bond donors (Lipinski definition) is 1. The van der Waals surface area contributed by atoms with Gasteiger partial charge in [-0.3, -0.25) is 4.90 Å². The number of benzene rings is 3. The van der Waals surface area contributed by atoms with Gasteiger partial charge in [0.15, 0.2) is 0 Å². The number of halogens is 1. The summed E-state index contributed by atoms with van der Waals surface area (Å²) in [6, 6.07) is 29.1. The van der Waals surface area contributed by atoms with Crippen LogP contribution in [0.1, 0.15) is 30.0 Å². The maximum absolute atomic E-state index is 6.94. The van der Waals surface area contributed by atoms with Gasteiger partial charge in [0.05, 0.1) is 11.2 Å². The second kappa shape index (κ2) is 9.41. The smallest absolute Gasteiger partial charge is 0.0727 e. The Morgan fingerprint density at radius 3 is 2.31 bits per heavy atom. The van der Waals surface area contributed by atoms with E-state index in [1.165, 1.54) is 11.1 Å². The summed E-state index contributed by atoms with van der Waals surface area (Å²) < 4.78 is 0. The molecule has 1 saturated heterocycles. The van der Waals surface area contributed by atoms with Gasteiger partial charge in [0.25, 0.3) is 0 Å². The van der Waals surface area contributed by atoms with Crippen LogP contribution in [0.5, 0.6) is 0 Å². The van der Waals surface area contributed by atoms with Crippen LogP contribution in [0.4, 0.5) is 0 Å². The molecule has 1 unspecified atom stereocenters. The zero-order valence-electron chi connectivity index (χ0n) is 18.1. The van der Waals surface area contributed by atoms with Crippen LogP contribution in [0.3, 0.4) is 0 Å². The van der Waals surface area contributed by atoms with Gasteiger partial charge in [0.1, 0.15) is 0 Å². The number of nitrogens with zero attached hydrogens (tertiary/aromatic N) is 2. The molecule has 0 aliphatic carbocycles. The van der Waals surface area contributed by atoms with E-state index >= 15 is 0 Å². The third kappa shape index (κ3) is 4.56. The predicted octanol–water partition coefficient (Wildman–Crippen LogP) is 6.47. The van der Waals surface area contributed by atoms with E-state index in [1.807, 2.05) is 30.3 Å². The van der Waals surface area contributed by atoms with Gasteiger partial charge >= 0.3 is 0 Å². The van der Waals surface area contributed by atoms with Gasteiger partial charge < -0.3 is 5.73 Å². The summed E-state index contributed by atoms with van der Waals surface area (Å²) in [6.45, 7) is 3.17. The number of aromatic nitrogens is 1. The van der Waals surface area contributed by atoms with Crippen molar-refractivity contribution in [3.8, 4) is 11.3 Å². The molecule has 1 aromatic heterocycles. The van der Waals surface area contributed by atoms with Gasteiger partial charge in [0.2, 0.25) is 0 Å². The van der Waals surface area contributed by atoms with Crippen LogP contribution in [0.15, 0.2) is 84.9 Å². The predicted molar refractivity (Wildman–Crippen MR) is 134 cm³/mol. The van der Waals surface area contributed by atoms with Crippen molar-refractivity contribution in [3.63, 3.8) is 0 Å². The van der Waals surface area contributed by atoms with Crippen molar-refractivity contribution in [2.45, 2.75) is 25.4 Å². The molecule has 0 saturated carbocycles. The van der Waals surface area contributed by atoms with Crippen LogP contribution in [-0.4, -0.2) is 23.0 Å². The summed E-state index contributed by atoms with van der Waals surface area (Å²) in [7, 11) is 0. The summed E-state index contributed by atoms with van der Waals surface area (Å²) in [5, 5.41) is 1.80. The highest BCUT2D eigenvalue weighted by Gasteiger charge is 2.27. The fourth-order valence-corrected chi connectivity index (χ4v) is 4.99. The van der Waals surface area contributed by atoms with Crippen LogP contribution in [-0.2, 0) is 6.54 Å². The zero-order valence-corrected chi connectivity index (χ0v) is 18.9. The number of nitrogens with two attached hydrogens (primary N) is 1. The lowest BCUT2D eigenvalue weighted by molar-refractivity contribution is 0.163. The summed E-state index contributed by atoms with van der Waals surface area (Å²) in [4.78, 5) is 7.45. The Morgan fingerprint density at radius 2 is 1.59 bits per heavy atom. The quantitative estimate of drug-likeness (QED) is 0.386. The first-order chi connectivity index (χ1) is 15.7. The molecule has 0 amide bonds. The maximum Gasteiger partial charge on any atom is 0.0727 e. The van der Waals surface area contributed by atoms with Crippen LogP contribution in [0, 0.1) is 5.92 Å². The summed E-state index contributed by atoms with van der Waals surface area (Å²) >= 11 is 6.30. The minimum Gasteiger partial charge on any atom is -0.324 e. The van der Waals surface area contributed by atoms with Gasteiger partial charge in [-0.15, -0.1) is 0 Å². The molecule has 1 aliphatic rings. The third-order valence-corrected chi connectivity index (χ3v) is 6.86. The molecule has 2 heterocycles. The lowest BCUT2D eigenvalue weighted by Crippen LogP contribution is -2.37. The van der Waals surface area contributed by atoms with Crippen LogP contribution < -0.4 is 5.73 Å². The topological polar surface area (TPSA) is 42.1 Å². The van der Waals surface area contributed by atoms with Crippen LogP contribution in [0.2, 0.25) is 5.02 Å². The number of hydrogen-bond acceptors (Lipinski definition) is 3. The summed E-state index contributed by atoms with van der Waals surface area (Å²) in [5.41, 5.74) is 12.4. The third-order valence-electron chi connectivity index (χ3n) is 6.62. The molecule has 0 spiro atoms. The standard InChI is InChI=1S/C28H28ClN3/c29-23-11-12-24-25(18-26(31-27(24)17-23)21-9-5-2-6-10-21)28(30)22-13-15-32(16-14-22)19-20-7-3-1-4-8-20/h1-12,17-18,22,28H,13-16,19,30H2. The second-order valence-corrected chi connectivity index (χ2v) is 9.19. The Morgan fingerprint density at radius 1 is 0.906 bits per heavy atom. The first kappa shape index (κ1) is 21.1. The molecular formula is C28H28ClN3. The highest BCUT2D eigenvalue weighted by molar-refractivity contribution is 6.31. The van der Waals surface area contributed by atoms with E-state index in [0.29, 0.717) is 10.9 Å². The fourth-order valence-electron chi connectivity index (χ4n) is 4.83. The minimum atomic E-state index is -0.0250. The highest BCUT2D eigenvalue weighted by Crippen LogP contribution is 2.35. The second-order valence-electron chi connectivity index (χ2n) is 8.75. The molecule has 162 valence electrons. The molecule has 1 atom stereocenters. The largest absolute Gasteiger partial charge is 0.324 e. The average molecular weight is 442 g/mol. The first-order valence-electron chi connectivity index (χ1n) is 11.3. The van der Waals surface area contributed by atoms with E-state index in [0.717, 1.165) is 54.6 Å².